The van der Waals surface area contributed by atoms with Gasteiger partial charge in [-0.25, -0.2) is 4.18 Å². The summed E-state index contributed by atoms with van der Waals surface area (Å²) in [6.07, 6.45) is 0. The zero-order chi connectivity index (χ0) is 13.6. The van der Waals surface area contributed by atoms with E-state index in [1.54, 1.807) is 29.2 Å². The van der Waals surface area contributed by atoms with Gasteiger partial charge in [-0.2, -0.15) is 8.42 Å². The molecule has 0 atom stereocenters. The fraction of sp³-hybridized carbons (Fsp3) is 0.400. The molecule has 1 rings (SSSR count). The molecule has 0 spiro atoms. The highest BCUT2D eigenvalue weighted by Crippen LogP contribution is 2.19. The smallest absolute Gasteiger partial charge is 0.395 e. The summed E-state index contributed by atoms with van der Waals surface area (Å²) < 4.78 is 33.5. The second kappa shape index (κ2) is 6.91. The van der Waals surface area contributed by atoms with Crippen molar-refractivity contribution >= 4 is 27.7 Å². The molecular weight excluding hydrogens is 282 g/mol. The Kier molecular flexibility index (Phi) is 5.83. The number of aliphatic hydroxyl groups is 1. The van der Waals surface area contributed by atoms with Crippen molar-refractivity contribution in [3.8, 4) is 0 Å². The van der Waals surface area contributed by atoms with Gasteiger partial charge in [-0.3, -0.25) is 4.55 Å². The Morgan fingerprint density at radius 1 is 1.33 bits per heavy atom. The molecule has 0 aliphatic heterocycles. The summed E-state index contributed by atoms with van der Waals surface area (Å²) in [7, 11) is -4.44. The van der Waals surface area contributed by atoms with Gasteiger partial charge in [0.1, 0.15) is 0 Å². The van der Waals surface area contributed by atoms with Gasteiger partial charge >= 0.3 is 10.4 Å². The van der Waals surface area contributed by atoms with E-state index in [9.17, 15) is 8.42 Å². The Morgan fingerprint density at radius 3 is 2.61 bits per heavy atom. The van der Waals surface area contributed by atoms with Crippen LogP contribution in [0.3, 0.4) is 0 Å². The Balaban J connectivity index is 2.65. The first-order valence-electron chi connectivity index (χ1n) is 5.15. The first-order chi connectivity index (χ1) is 8.42. The highest BCUT2D eigenvalue weighted by Gasteiger charge is 2.09. The summed E-state index contributed by atoms with van der Waals surface area (Å²) in [5, 5.41) is 9.48. The fourth-order valence-electron chi connectivity index (χ4n) is 1.42. The van der Waals surface area contributed by atoms with Crippen LogP contribution in [0.5, 0.6) is 0 Å². The van der Waals surface area contributed by atoms with Gasteiger partial charge in [0, 0.05) is 23.8 Å². The summed E-state index contributed by atoms with van der Waals surface area (Å²) in [6, 6.07) is 6.90. The maximum absolute atomic E-state index is 10.4. The first-order valence-corrected chi connectivity index (χ1v) is 6.90. The minimum absolute atomic E-state index is 0.0988. The van der Waals surface area contributed by atoms with E-state index in [0.29, 0.717) is 11.6 Å². The lowest BCUT2D eigenvalue weighted by Gasteiger charge is -2.23. The quantitative estimate of drug-likeness (QED) is 0.729. The lowest BCUT2D eigenvalue weighted by molar-refractivity contribution is 0.266. The number of hydrogen-bond donors (Lipinski definition) is 2. The van der Waals surface area contributed by atoms with Crippen LogP contribution in [0.2, 0.25) is 5.02 Å². The maximum Gasteiger partial charge on any atom is 0.397 e. The third-order valence-corrected chi connectivity index (χ3v) is 2.84. The van der Waals surface area contributed by atoms with Crippen molar-refractivity contribution < 1.29 is 22.3 Å². The lowest BCUT2D eigenvalue weighted by atomic mass is 10.3. The molecule has 102 valence electrons. The molecule has 0 aliphatic rings. The van der Waals surface area contributed by atoms with Crippen molar-refractivity contribution in [3.63, 3.8) is 0 Å². The molecule has 1 aromatic rings. The Labute approximate surface area is 111 Å². The maximum atomic E-state index is 10.4. The molecule has 0 amide bonds. The van der Waals surface area contributed by atoms with E-state index in [1.165, 1.54) is 0 Å². The standard InChI is InChI=1S/C10H14ClNO5S/c11-9-2-1-3-10(8-9)12(4-6-13)5-7-17-18(14,15)16/h1-3,8,13H,4-7H2,(H,14,15,16). The van der Waals surface area contributed by atoms with Gasteiger partial charge in [-0.05, 0) is 18.2 Å². The van der Waals surface area contributed by atoms with Crippen molar-refractivity contribution in [2.24, 2.45) is 0 Å². The molecule has 0 radical (unpaired) electrons. The van der Waals surface area contributed by atoms with Crippen LogP contribution in [0.15, 0.2) is 24.3 Å². The summed E-state index contributed by atoms with van der Waals surface area (Å²) in [5.41, 5.74) is 0.732. The summed E-state index contributed by atoms with van der Waals surface area (Å²) >= 11 is 5.84. The molecule has 0 saturated heterocycles. The SMILES string of the molecule is O=S(=O)(O)OCCN(CCO)c1cccc(Cl)c1. The molecule has 0 bridgehead atoms. The number of anilines is 1. The predicted octanol–water partition coefficient (Wildman–Crippen LogP) is 0.958. The largest absolute Gasteiger partial charge is 0.397 e. The highest BCUT2D eigenvalue weighted by molar-refractivity contribution is 7.80. The van der Waals surface area contributed by atoms with Gasteiger partial charge in [0.2, 0.25) is 0 Å². The number of rotatable bonds is 7. The van der Waals surface area contributed by atoms with Crippen molar-refractivity contribution in [1.29, 1.82) is 0 Å². The third kappa shape index (κ3) is 5.65. The molecule has 8 heteroatoms. The molecule has 0 heterocycles. The number of nitrogens with zero attached hydrogens (tertiary/aromatic N) is 1. The van der Waals surface area contributed by atoms with Crippen LogP contribution in [0.1, 0.15) is 0 Å². The van der Waals surface area contributed by atoms with E-state index in [2.05, 4.69) is 4.18 Å². The van der Waals surface area contributed by atoms with Crippen LogP contribution in [-0.4, -0.2) is 44.4 Å². The van der Waals surface area contributed by atoms with Crippen LogP contribution < -0.4 is 4.90 Å². The van der Waals surface area contributed by atoms with E-state index in [-0.39, 0.29) is 19.8 Å². The normalized spacial score (nSPS) is 11.5. The van der Waals surface area contributed by atoms with Crippen LogP contribution >= 0.6 is 11.6 Å². The van der Waals surface area contributed by atoms with E-state index < -0.39 is 10.4 Å². The van der Waals surface area contributed by atoms with Crippen LogP contribution in [-0.2, 0) is 14.6 Å². The van der Waals surface area contributed by atoms with Crippen LogP contribution in [0.4, 0.5) is 5.69 Å². The number of aliphatic hydroxyl groups excluding tert-OH is 1. The van der Waals surface area contributed by atoms with Gasteiger partial charge < -0.3 is 10.0 Å². The fourth-order valence-corrected chi connectivity index (χ4v) is 1.89. The van der Waals surface area contributed by atoms with Crippen LogP contribution in [0.25, 0.3) is 0 Å². The van der Waals surface area contributed by atoms with Gasteiger partial charge in [-0.15, -0.1) is 0 Å². The molecule has 0 unspecified atom stereocenters. The Hall–Kier alpha value is -0.860. The van der Waals surface area contributed by atoms with Crippen molar-refractivity contribution in [3.05, 3.63) is 29.3 Å². The molecule has 0 aliphatic carbocycles. The van der Waals surface area contributed by atoms with E-state index in [1.807, 2.05) is 0 Å². The lowest BCUT2D eigenvalue weighted by Crippen LogP contribution is -2.30. The Bertz CT molecular complexity index is 479. The molecule has 18 heavy (non-hydrogen) atoms. The van der Waals surface area contributed by atoms with E-state index in [4.69, 9.17) is 21.3 Å². The first kappa shape index (κ1) is 15.2. The van der Waals surface area contributed by atoms with Gasteiger partial charge in [0.25, 0.3) is 0 Å². The molecule has 1 aromatic carbocycles. The second-order valence-electron chi connectivity index (χ2n) is 3.44. The van der Waals surface area contributed by atoms with E-state index in [0.717, 1.165) is 5.69 Å². The third-order valence-electron chi connectivity index (χ3n) is 2.14. The summed E-state index contributed by atoms with van der Waals surface area (Å²) in [4.78, 5) is 1.69. The van der Waals surface area contributed by atoms with E-state index >= 15 is 0 Å². The molecule has 0 saturated carbocycles. The molecule has 0 aromatic heterocycles. The number of hydrogen-bond acceptors (Lipinski definition) is 5. The average Bonchev–Trinajstić information content (AvgIpc) is 2.26. The van der Waals surface area contributed by atoms with Crippen molar-refractivity contribution in [2.45, 2.75) is 0 Å². The van der Waals surface area contributed by atoms with Crippen molar-refractivity contribution in [1.82, 2.24) is 0 Å². The summed E-state index contributed by atoms with van der Waals surface area (Å²) in [6.45, 7) is 0.180. The summed E-state index contributed by atoms with van der Waals surface area (Å²) in [5.74, 6) is 0. The minimum atomic E-state index is -4.44. The molecular formula is C10H14ClNO5S. The van der Waals surface area contributed by atoms with Gasteiger partial charge in [-0.1, -0.05) is 17.7 Å². The van der Waals surface area contributed by atoms with Crippen molar-refractivity contribution in [2.75, 3.05) is 31.2 Å². The zero-order valence-corrected chi connectivity index (χ0v) is 11.1. The minimum Gasteiger partial charge on any atom is -0.395 e. The number of benzene rings is 1. The topological polar surface area (TPSA) is 87.1 Å². The molecule has 0 fully saturated rings. The van der Waals surface area contributed by atoms with Gasteiger partial charge in [0.15, 0.2) is 0 Å². The number of halogens is 1. The van der Waals surface area contributed by atoms with Crippen LogP contribution in [0, 0.1) is 0 Å². The highest BCUT2D eigenvalue weighted by atomic mass is 35.5. The van der Waals surface area contributed by atoms with Gasteiger partial charge in [0.05, 0.1) is 13.2 Å². The second-order valence-corrected chi connectivity index (χ2v) is 4.97. The average molecular weight is 296 g/mol. The zero-order valence-electron chi connectivity index (χ0n) is 9.49. The molecule has 6 nitrogen and oxygen atoms in total. The monoisotopic (exact) mass is 295 g/mol. The predicted molar refractivity (Wildman–Crippen MR) is 68.3 cm³/mol. The Morgan fingerprint density at radius 2 is 2.06 bits per heavy atom. The molecule has 2 N–H and O–H groups in total.